The number of halogens is 2. The minimum atomic E-state index is -1.02. The van der Waals surface area contributed by atoms with Crippen LogP contribution in [0.25, 0.3) is 0 Å². The van der Waals surface area contributed by atoms with Crippen LogP contribution in [0.15, 0.2) is 12.1 Å². The van der Waals surface area contributed by atoms with E-state index in [1.165, 1.54) is 0 Å². The van der Waals surface area contributed by atoms with Gasteiger partial charge in [-0.25, -0.2) is 4.39 Å². The lowest BCUT2D eigenvalue weighted by Crippen LogP contribution is -2.04. The fraction of sp³-hybridized carbons (Fsp3) is 0.333. The average Bonchev–Trinajstić information content (AvgIpc) is 2.85. The number of hydrogen-bond donors (Lipinski definition) is 1. The molecule has 0 radical (unpaired) electrons. The zero-order valence-corrected chi connectivity index (χ0v) is 7.61. The van der Waals surface area contributed by atoms with Crippen LogP contribution in [0.3, 0.4) is 0 Å². The molecule has 15 heavy (non-hydrogen) atoms. The number of hydrogen-bond acceptors (Lipinski definition) is 3. The van der Waals surface area contributed by atoms with Crippen LogP contribution >= 0.6 is 0 Å². The van der Waals surface area contributed by atoms with Gasteiger partial charge in [0.15, 0.2) is 0 Å². The third-order valence-electron chi connectivity index (χ3n) is 2.50. The lowest BCUT2D eigenvalue weighted by molar-refractivity contribution is -0.387. The van der Waals surface area contributed by atoms with Gasteiger partial charge in [0.2, 0.25) is 5.82 Å². The molecule has 1 saturated carbocycles. The van der Waals surface area contributed by atoms with Crippen LogP contribution in [0.2, 0.25) is 0 Å². The second-order valence-corrected chi connectivity index (χ2v) is 3.59. The lowest BCUT2D eigenvalue weighted by Gasteiger charge is -2.02. The molecule has 0 saturated heterocycles. The van der Waals surface area contributed by atoms with E-state index < -0.39 is 22.2 Å². The van der Waals surface area contributed by atoms with Crippen LogP contribution in [-0.4, -0.2) is 11.0 Å². The van der Waals surface area contributed by atoms with E-state index in [2.05, 4.69) is 0 Å². The molecular formula is C9H8F2N2O2. The molecule has 1 aliphatic carbocycles. The highest BCUT2D eigenvalue weighted by atomic mass is 19.1. The van der Waals surface area contributed by atoms with E-state index in [0.29, 0.717) is 12.5 Å². The molecule has 0 heterocycles. The summed E-state index contributed by atoms with van der Waals surface area (Å²) in [6, 6.07) is 1.31. The van der Waals surface area contributed by atoms with Crippen molar-refractivity contribution in [2.45, 2.75) is 18.4 Å². The van der Waals surface area contributed by atoms with Crippen molar-refractivity contribution in [2.75, 3.05) is 0 Å². The number of rotatable bonds is 2. The highest BCUT2D eigenvalue weighted by molar-refractivity contribution is 5.40. The molecular weight excluding hydrogens is 206 g/mol. The first-order chi connectivity index (χ1) is 7.00. The third kappa shape index (κ3) is 1.68. The normalized spacial score (nSPS) is 23.9. The van der Waals surface area contributed by atoms with Crippen molar-refractivity contribution in [1.82, 2.24) is 0 Å². The highest BCUT2D eigenvalue weighted by Crippen LogP contribution is 2.41. The Kier molecular flexibility index (Phi) is 2.15. The molecule has 0 amide bonds. The Hall–Kier alpha value is -1.56. The minimum Gasteiger partial charge on any atom is -0.327 e. The van der Waals surface area contributed by atoms with Gasteiger partial charge >= 0.3 is 5.69 Å². The molecule has 1 aromatic carbocycles. The molecule has 2 atom stereocenters. The van der Waals surface area contributed by atoms with Gasteiger partial charge in [0.05, 0.1) is 11.0 Å². The predicted molar refractivity (Wildman–Crippen MR) is 48.3 cm³/mol. The van der Waals surface area contributed by atoms with Crippen molar-refractivity contribution in [2.24, 2.45) is 5.73 Å². The van der Waals surface area contributed by atoms with Crippen molar-refractivity contribution < 1.29 is 13.7 Å². The average molecular weight is 214 g/mol. The SMILES string of the molecule is N[C@@H]1C[C@H]1c1cc(F)c([N+](=O)[O-])cc1F. The number of nitrogens with zero attached hydrogens (tertiary/aromatic N) is 1. The Labute approximate surface area is 83.8 Å². The smallest absolute Gasteiger partial charge is 0.307 e. The minimum absolute atomic E-state index is 0.130. The van der Waals surface area contributed by atoms with Crippen molar-refractivity contribution in [3.05, 3.63) is 39.4 Å². The third-order valence-corrected chi connectivity index (χ3v) is 2.50. The van der Waals surface area contributed by atoms with Gasteiger partial charge in [-0.3, -0.25) is 10.1 Å². The Morgan fingerprint density at radius 1 is 1.40 bits per heavy atom. The van der Waals surface area contributed by atoms with E-state index in [9.17, 15) is 18.9 Å². The largest absolute Gasteiger partial charge is 0.327 e. The van der Waals surface area contributed by atoms with Crippen LogP contribution in [0, 0.1) is 21.7 Å². The molecule has 1 fully saturated rings. The first-order valence-corrected chi connectivity index (χ1v) is 4.39. The monoisotopic (exact) mass is 214 g/mol. The van der Waals surface area contributed by atoms with Crippen molar-refractivity contribution in [3.8, 4) is 0 Å². The van der Waals surface area contributed by atoms with Gasteiger partial charge in [-0.05, 0) is 18.1 Å². The van der Waals surface area contributed by atoms with Gasteiger partial charge in [0, 0.05) is 12.0 Å². The van der Waals surface area contributed by atoms with Gasteiger partial charge in [-0.2, -0.15) is 4.39 Å². The van der Waals surface area contributed by atoms with E-state index >= 15 is 0 Å². The molecule has 0 spiro atoms. The number of benzene rings is 1. The van der Waals surface area contributed by atoms with E-state index in [-0.39, 0.29) is 17.5 Å². The molecule has 4 nitrogen and oxygen atoms in total. The van der Waals surface area contributed by atoms with Crippen LogP contribution in [0.5, 0.6) is 0 Å². The van der Waals surface area contributed by atoms with E-state index in [1.54, 1.807) is 0 Å². The van der Waals surface area contributed by atoms with E-state index in [1.807, 2.05) is 0 Å². The molecule has 6 heteroatoms. The van der Waals surface area contributed by atoms with Crippen molar-refractivity contribution in [1.29, 1.82) is 0 Å². The van der Waals surface area contributed by atoms with Crippen LogP contribution < -0.4 is 5.73 Å². The van der Waals surface area contributed by atoms with Crippen molar-refractivity contribution in [3.63, 3.8) is 0 Å². The number of nitrogens with two attached hydrogens (primary N) is 1. The molecule has 1 aliphatic rings. The second-order valence-electron chi connectivity index (χ2n) is 3.59. The van der Waals surface area contributed by atoms with Crippen molar-refractivity contribution >= 4 is 5.69 Å². The molecule has 0 aromatic heterocycles. The molecule has 80 valence electrons. The summed E-state index contributed by atoms with van der Waals surface area (Å²) in [4.78, 5) is 9.36. The van der Waals surface area contributed by atoms with E-state index in [4.69, 9.17) is 5.73 Å². The van der Waals surface area contributed by atoms with E-state index in [0.717, 1.165) is 6.07 Å². The summed E-state index contributed by atoms with van der Waals surface area (Å²) in [7, 11) is 0. The summed E-state index contributed by atoms with van der Waals surface area (Å²) in [5.74, 6) is -1.99. The van der Waals surface area contributed by atoms with Gasteiger partial charge in [0.25, 0.3) is 0 Å². The maximum absolute atomic E-state index is 13.3. The molecule has 2 rings (SSSR count). The maximum atomic E-state index is 13.3. The lowest BCUT2D eigenvalue weighted by atomic mass is 10.1. The molecule has 0 bridgehead atoms. The second kappa shape index (κ2) is 3.23. The summed E-state index contributed by atoms with van der Waals surface area (Å²) in [6.45, 7) is 0. The summed E-state index contributed by atoms with van der Waals surface area (Å²) in [5.41, 5.74) is 4.78. The van der Waals surface area contributed by atoms with Gasteiger partial charge in [0.1, 0.15) is 5.82 Å². The van der Waals surface area contributed by atoms with Gasteiger partial charge < -0.3 is 5.73 Å². The summed E-state index contributed by atoms with van der Waals surface area (Å²) < 4.78 is 26.5. The Morgan fingerprint density at radius 3 is 2.47 bits per heavy atom. The first kappa shape index (κ1) is 9.97. The quantitative estimate of drug-likeness (QED) is 0.601. The number of nitro benzene ring substituents is 1. The maximum Gasteiger partial charge on any atom is 0.307 e. The Bertz CT molecular complexity index is 436. The number of nitro groups is 1. The fourth-order valence-corrected chi connectivity index (χ4v) is 1.55. The Balaban J connectivity index is 2.43. The van der Waals surface area contributed by atoms with Gasteiger partial charge in [-0.15, -0.1) is 0 Å². The summed E-state index contributed by atoms with van der Waals surface area (Å²) >= 11 is 0. The van der Waals surface area contributed by atoms with Crippen LogP contribution in [0.1, 0.15) is 17.9 Å². The zero-order chi connectivity index (χ0) is 11.2. The van der Waals surface area contributed by atoms with Crippen LogP contribution in [0.4, 0.5) is 14.5 Å². The Morgan fingerprint density at radius 2 is 2.00 bits per heavy atom. The molecule has 1 aromatic rings. The summed E-state index contributed by atoms with van der Waals surface area (Å²) in [5, 5.41) is 10.3. The topological polar surface area (TPSA) is 69.2 Å². The van der Waals surface area contributed by atoms with Gasteiger partial charge in [-0.1, -0.05) is 0 Å². The molecule has 0 aliphatic heterocycles. The standard InChI is InChI=1S/C9H8F2N2O2/c10-6-3-9(13(14)15)7(11)1-4(6)5-2-8(5)12/h1,3,5,8H,2,12H2/t5-,8+/m0/s1. The summed E-state index contributed by atoms with van der Waals surface area (Å²) in [6.07, 6.45) is 0.591. The van der Waals surface area contributed by atoms with Crippen LogP contribution in [-0.2, 0) is 0 Å². The predicted octanol–water partition coefficient (Wildman–Crippen LogP) is 1.69. The molecule has 0 unspecified atom stereocenters. The highest BCUT2D eigenvalue weighted by Gasteiger charge is 2.38. The first-order valence-electron chi connectivity index (χ1n) is 4.39. The zero-order valence-electron chi connectivity index (χ0n) is 7.61. The fourth-order valence-electron chi connectivity index (χ4n) is 1.55. The molecule has 2 N–H and O–H groups in total.